The molecular formula is C22H17ClFN7O2. The number of nitrogens with one attached hydrogen (secondary N) is 1. The van der Waals surface area contributed by atoms with Gasteiger partial charge in [-0.3, -0.25) is 0 Å². The number of nitrogens with zero attached hydrogens (tertiary/aromatic N) is 4. The van der Waals surface area contributed by atoms with Crippen LogP contribution in [0.4, 0.5) is 21.8 Å². The van der Waals surface area contributed by atoms with Crippen LogP contribution in [-0.4, -0.2) is 31.9 Å². The van der Waals surface area contributed by atoms with Crippen LogP contribution in [0.25, 0.3) is 21.8 Å². The highest BCUT2D eigenvalue weighted by molar-refractivity contribution is 6.31. The van der Waals surface area contributed by atoms with Gasteiger partial charge in [0.05, 0.1) is 16.1 Å². The summed E-state index contributed by atoms with van der Waals surface area (Å²) in [4.78, 5) is 28.8. The Morgan fingerprint density at radius 3 is 2.67 bits per heavy atom. The van der Waals surface area contributed by atoms with E-state index in [-0.39, 0.29) is 28.2 Å². The first-order valence-corrected chi connectivity index (χ1v) is 9.93. The lowest BCUT2D eigenvalue weighted by Gasteiger charge is -2.12. The summed E-state index contributed by atoms with van der Waals surface area (Å²) in [7, 11) is 0. The van der Waals surface area contributed by atoms with Crippen molar-refractivity contribution in [2.75, 3.05) is 5.32 Å². The molecule has 6 N–H and O–H groups in total. The highest BCUT2D eigenvalue weighted by Crippen LogP contribution is 2.32. The number of benzene rings is 2. The van der Waals surface area contributed by atoms with Crippen LogP contribution in [0.15, 0.2) is 59.4 Å². The lowest BCUT2D eigenvalue weighted by molar-refractivity contribution is 0.0697. The zero-order valence-corrected chi connectivity index (χ0v) is 17.9. The molecule has 0 fully saturated rings. The standard InChI is InChI=1S/C22H17ClFN7O2/c1-10(25)6-18(26)30-22-27-9-14-13-4-2-11(21(32)33)7-17(13)29-20(19(14)31-22)28-12-3-5-16(24)15(23)8-12/h2-9H,25H2,1H3,(H,28,29)(H,32,33)(H2,26,27,30,31)/b10-6-. The minimum atomic E-state index is -1.08. The van der Waals surface area contributed by atoms with Gasteiger partial charge in [0.2, 0.25) is 0 Å². The van der Waals surface area contributed by atoms with E-state index in [0.29, 0.717) is 33.2 Å². The number of carboxylic acids is 1. The van der Waals surface area contributed by atoms with Gasteiger partial charge in [-0.15, -0.1) is 0 Å². The van der Waals surface area contributed by atoms with Gasteiger partial charge in [-0.05, 0) is 43.3 Å². The van der Waals surface area contributed by atoms with Crippen LogP contribution in [0.5, 0.6) is 0 Å². The summed E-state index contributed by atoms with van der Waals surface area (Å²) in [5.74, 6) is -1.19. The smallest absolute Gasteiger partial charge is 0.335 e. The van der Waals surface area contributed by atoms with Crippen molar-refractivity contribution < 1.29 is 14.3 Å². The monoisotopic (exact) mass is 465 g/mol. The third-order valence-corrected chi connectivity index (χ3v) is 4.84. The van der Waals surface area contributed by atoms with E-state index in [4.69, 9.17) is 23.1 Å². The highest BCUT2D eigenvalue weighted by atomic mass is 35.5. The van der Waals surface area contributed by atoms with Gasteiger partial charge in [0, 0.05) is 28.4 Å². The lowest BCUT2D eigenvalue weighted by atomic mass is 10.1. The molecule has 2 heterocycles. The van der Waals surface area contributed by atoms with Crippen molar-refractivity contribution in [3.05, 3.63) is 70.8 Å². The Morgan fingerprint density at radius 2 is 1.97 bits per heavy atom. The number of anilines is 2. The zero-order chi connectivity index (χ0) is 23.7. The molecule has 33 heavy (non-hydrogen) atoms. The molecule has 2 aromatic heterocycles. The van der Waals surface area contributed by atoms with E-state index in [2.05, 4.69) is 25.3 Å². The Bertz CT molecular complexity index is 1480. The van der Waals surface area contributed by atoms with Gasteiger partial charge < -0.3 is 21.9 Å². The lowest BCUT2D eigenvalue weighted by Crippen LogP contribution is -2.10. The Morgan fingerprint density at radius 1 is 1.18 bits per heavy atom. The number of fused-ring (bicyclic) bond motifs is 3. The summed E-state index contributed by atoms with van der Waals surface area (Å²) >= 11 is 5.90. The topological polar surface area (TPSA) is 152 Å². The number of amidine groups is 1. The molecule has 0 aliphatic heterocycles. The second-order valence-corrected chi connectivity index (χ2v) is 7.52. The van der Waals surface area contributed by atoms with Crippen LogP contribution in [0.3, 0.4) is 0 Å². The average Bonchev–Trinajstić information content (AvgIpc) is 2.75. The minimum absolute atomic E-state index is 0.0704. The number of aromatic nitrogens is 3. The predicted molar refractivity (Wildman–Crippen MR) is 126 cm³/mol. The second-order valence-electron chi connectivity index (χ2n) is 7.11. The molecule has 0 aliphatic carbocycles. The van der Waals surface area contributed by atoms with E-state index in [1.165, 1.54) is 36.4 Å². The number of hydrogen-bond acceptors (Lipinski definition) is 7. The minimum Gasteiger partial charge on any atom is -0.478 e. The summed E-state index contributed by atoms with van der Waals surface area (Å²) in [6.07, 6.45) is 3.01. The fraction of sp³-hybridized carbons (Fsp3) is 0.0455. The number of nitrogens with two attached hydrogens (primary N) is 2. The number of hydrogen-bond donors (Lipinski definition) is 4. The molecule has 0 aliphatic rings. The predicted octanol–water partition coefficient (Wildman–Crippen LogP) is 4.26. The first kappa shape index (κ1) is 21.9. The van der Waals surface area contributed by atoms with Crippen molar-refractivity contribution in [2.45, 2.75) is 6.92 Å². The van der Waals surface area contributed by atoms with Gasteiger partial charge in [0.1, 0.15) is 17.2 Å². The molecule has 0 saturated heterocycles. The van der Waals surface area contributed by atoms with E-state index < -0.39 is 11.8 Å². The molecule has 0 unspecified atom stereocenters. The van der Waals surface area contributed by atoms with Crippen LogP contribution in [0, 0.1) is 5.82 Å². The van der Waals surface area contributed by atoms with Crippen molar-refractivity contribution >= 4 is 62.7 Å². The number of allylic oxidation sites excluding steroid dienone is 1. The number of carbonyl (C=O) groups is 1. The van der Waals surface area contributed by atoms with Gasteiger partial charge in [-0.25, -0.2) is 24.1 Å². The molecule has 0 radical (unpaired) electrons. The molecule has 4 aromatic rings. The van der Waals surface area contributed by atoms with Gasteiger partial charge in [0.15, 0.2) is 5.82 Å². The number of aliphatic imine (C=N–C) groups is 1. The van der Waals surface area contributed by atoms with E-state index in [9.17, 15) is 14.3 Å². The largest absolute Gasteiger partial charge is 0.478 e. The normalized spacial score (nSPS) is 12.3. The Hall–Kier alpha value is -4.31. The quantitative estimate of drug-likeness (QED) is 0.194. The van der Waals surface area contributed by atoms with Crippen molar-refractivity contribution in [3.8, 4) is 0 Å². The van der Waals surface area contributed by atoms with Crippen molar-refractivity contribution in [3.63, 3.8) is 0 Å². The number of aromatic carboxylic acids is 1. The maximum absolute atomic E-state index is 13.6. The molecule has 0 amide bonds. The number of carboxylic acid groups (broad SMARTS) is 1. The molecule has 0 bridgehead atoms. The molecule has 11 heteroatoms. The van der Waals surface area contributed by atoms with E-state index in [1.807, 2.05) is 0 Å². The maximum Gasteiger partial charge on any atom is 0.335 e. The van der Waals surface area contributed by atoms with E-state index in [1.54, 1.807) is 19.2 Å². The number of rotatable bonds is 5. The van der Waals surface area contributed by atoms with E-state index >= 15 is 0 Å². The van der Waals surface area contributed by atoms with Crippen LogP contribution < -0.4 is 16.8 Å². The van der Waals surface area contributed by atoms with Crippen molar-refractivity contribution in [1.29, 1.82) is 0 Å². The Labute approximate surface area is 191 Å². The number of halogens is 2. The molecule has 0 saturated carbocycles. The molecule has 4 rings (SSSR count). The highest BCUT2D eigenvalue weighted by Gasteiger charge is 2.14. The van der Waals surface area contributed by atoms with Crippen LogP contribution in [0.1, 0.15) is 17.3 Å². The molecule has 0 atom stereocenters. The summed E-state index contributed by atoms with van der Waals surface area (Å²) < 4.78 is 13.6. The molecule has 0 spiro atoms. The average molecular weight is 466 g/mol. The first-order valence-electron chi connectivity index (χ1n) is 9.55. The van der Waals surface area contributed by atoms with Crippen molar-refractivity contribution in [2.24, 2.45) is 16.5 Å². The Balaban J connectivity index is 1.94. The third-order valence-electron chi connectivity index (χ3n) is 4.55. The van der Waals surface area contributed by atoms with Gasteiger partial charge in [-0.2, -0.15) is 4.99 Å². The molecule has 9 nitrogen and oxygen atoms in total. The van der Waals surface area contributed by atoms with Crippen LogP contribution in [-0.2, 0) is 0 Å². The Kier molecular flexibility index (Phi) is 5.76. The molecular weight excluding hydrogens is 449 g/mol. The number of pyridine rings is 1. The summed E-state index contributed by atoms with van der Waals surface area (Å²) in [5.41, 5.74) is 13.3. The van der Waals surface area contributed by atoms with Crippen LogP contribution in [0.2, 0.25) is 5.02 Å². The second kappa shape index (κ2) is 8.67. The van der Waals surface area contributed by atoms with Crippen LogP contribution >= 0.6 is 11.6 Å². The molecule has 2 aromatic carbocycles. The zero-order valence-electron chi connectivity index (χ0n) is 17.2. The SMILES string of the molecule is C/C(N)=C/C(N)=N\c1ncc2c(n1)c(Nc1ccc(F)c(Cl)c1)nc1cc(C(=O)O)ccc12. The summed E-state index contributed by atoms with van der Waals surface area (Å²) in [6.45, 7) is 1.67. The fourth-order valence-corrected chi connectivity index (χ4v) is 3.32. The summed E-state index contributed by atoms with van der Waals surface area (Å²) in [6, 6.07) is 8.64. The van der Waals surface area contributed by atoms with Gasteiger partial charge in [-0.1, -0.05) is 17.7 Å². The van der Waals surface area contributed by atoms with Gasteiger partial charge >= 0.3 is 5.97 Å². The summed E-state index contributed by atoms with van der Waals surface area (Å²) in [5, 5.41) is 13.6. The van der Waals surface area contributed by atoms with Gasteiger partial charge in [0.25, 0.3) is 5.95 Å². The maximum atomic E-state index is 13.6. The molecule has 166 valence electrons. The van der Waals surface area contributed by atoms with Crippen molar-refractivity contribution in [1.82, 2.24) is 15.0 Å². The third kappa shape index (κ3) is 4.65. The fourth-order valence-electron chi connectivity index (χ4n) is 3.14. The van der Waals surface area contributed by atoms with E-state index in [0.717, 1.165) is 0 Å². The first-order chi connectivity index (χ1) is 15.7.